The second-order valence-electron chi connectivity index (χ2n) is 7.14. The zero-order chi connectivity index (χ0) is 19.5. The molecule has 2 aromatic heterocycles. The van der Waals surface area contributed by atoms with E-state index in [0.29, 0.717) is 11.3 Å². The Balaban J connectivity index is 1.72. The van der Waals surface area contributed by atoms with Crippen LogP contribution in [0.15, 0.2) is 42.6 Å². The van der Waals surface area contributed by atoms with Crippen LogP contribution in [0, 0.1) is 0 Å². The van der Waals surface area contributed by atoms with Crippen LogP contribution in [0.5, 0.6) is 0 Å². The Kier molecular flexibility index (Phi) is 5.43. The summed E-state index contributed by atoms with van der Waals surface area (Å²) in [7, 11) is 0. The van der Waals surface area contributed by atoms with E-state index < -0.39 is 6.43 Å². The van der Waals surface area contributed by atoms with Gasteiger partial charge < -0.3 is 0 Å². The Bertz CT molecular complexity index is 963. The number of benzene rings is 1. The van der Waals surface area contributed by atoms with E-state index in [1.807, 2.05) is 30.3 Å². The molecule has 1 aliphatic heterocycles. The number of Topliss-reactive ketones (excluding diaryl/α,β-unsaturated/α-hetero) is 1. The number of hydrogen-bond acceptors (Lipinski definition) is 4. The Labute approximate surface area is 162 Å². The number of fused-ring (bicyclic) bond motifs is 1. The van der Waals surface area contributed by atoms with Gasteiger partial charge >= 0.3 is 0 Å². The highest BCUT2D eigenvalue weighted by molar-refractivity contribution is 6.02. The molecule has 3 aromatic rings. The van der Waals surface area contributed by atoms with Crippen LogP contribution in [-0.2, 0) is 0 Å². The van der Waals surface area contributed by atoms with Gasteiger partial charge in [0.25, 0.3) is 6.43 Å². The predicted octanol–water partition coefficient (Wildman–Crippen LogP) is 4.39. The molecular weight excluding hydrogens is 362 g/mol. The number of carbonyl (C=O) groups excluding carboxylic acids is 1. The van der Waals surface area contributed by atoms with Gasteiger partial charge in [-0.1, -0.05) is 43.2 Å². The molecule has 0 unspecified atom stereocenters. The highest BCUT2D eigenvalue weighted by Crippen LogP contribution is 2.27. The molecule has 7 heteroatoms. The van der Waals surface area contributed by atoms with Gasteiger partial charge in [-0.25, -0.2) is 18.3 Å². The first-order chi connectivity index (χ1) is 13.6. The van der Waals surface area contributed by atoms with Crippen molar-refractivity contribution in [3.8, 4) is 11.3 Å². The molecule has 0 atom stereocenters. The van der Waals surface area contributed by atoms with Crippen LogP contribution in [0.25, 0.3) is 16.9 Å². The molecule has 1 saturated heterocycles. The number of halogens is 2. The van der Waals surface area contributed by atoms with Gasteiger partial charge in [-0.2, -0.15) is 5.10 Å². The summed E-state index contributed by atoms with van der Waals surface area (Å²) in [6.45, 7) is 2.04. The summed E-state index contributed by atoms with van der Waals surface area (Å²) in [5, 5.41) is 4.04. The summed E-state index contributed by atoms with van der Waals surface area (Å²) in [5.74, 6) is -0.130. The molecule has 146 valence electrons. The summed E-state index contributed by atoms with van der Waals surface area (Å²) in [6, 6.07) is 10.5. The average molecular weight is 384 g/mol. The minimum absolute atomic E-state index is 0.130. The molecule has 0 bridgehead atoms. The molecule has 0 N–H and O–H groups in total. The minimum atomic E-state index is -2.72. The number of likely N-dealkylation sites (tertiary alicyclic amines) is 1. The van der Waals surface area contributed by atoms with Crippen molar-refractivity contribution in [1.29, 1.82) is 0 Å². The Morgan fingerprint density at radius 2 is 1.79 bits per heavy atom. The smallest absolute Gasteiger partial charge is 0.280 e. The lowest BCUT2D eigenvalue weighted by Crippen LogP contribution is -2.30. The molecule has 1 aromatic carbocycles. The third-order valence-corrected chi connectivity index (χ3v) is 5.16. The number of hydrogen-bond donors (Lipinski definition) is 0. The molecule has 0 saturated carbocycles. The maximum atomic E-state index is 13.6. The number of alkyl halides is 2. The maximum Gasteiger partial charge on any atom is 0.280 e. The average Bonchev–Trinajstić information content (AvgIpc) is 2.97. The van der Waals surface area contributed by atoms with Crippen LogP contribution < -0.4 is 0 Å². The third kappa shape index (κ3) is 3.80. The number of carbonyl (C=O) groups is 1. The van der Waals surface area contributed by atoms with E-state index in [2.05, 4.69) is 15.0 Å². The van der Waals surface area contributed by atoms with Crippen molar-refractivity contribution in [2.24, 2.45) is 0 Å². The summed E-state index contributed by atoms with van der Waals surface area (Å²) in [5.41, 5.74) is 1.35. The normalized spacial score (nSPS) is 15.8. The zero-order valence-electron chi connectivity index (χ0n) is 15.5. The maximum absolute atomic E-state index is 13.6. The highest BCUT2D eigenvalue weighted by atomic mass is 19.3. The lowest BCUT2D eigenvalue weighted by Gasteiger charge is -2.18. The fraction of sp³-hybridized carbons (Fsp3) is 0.381. The predicted molar refractivity (Wildman–Crippen MR) is 103 cm³/mol. The summed E-state index contributed by atoms with van der Waals surface area (Å²) in [4.78, 5) is 19.5. The van der Waals surface area contributed by atoms with E-state index in [9.17, 15) is 13.6 Å². The third-order valence-electron chi connectivity index (χ3n) is 5.16. The van der Waals surface area contributed by atoms with Crippen molar-refractivity contribution >= 4 is 11.4 Å². The van der Waals surface area contributed by atoms with E-state index in [4.69, 9.17) is 0 Å². The fourth-order valence-electron chi connectivity index (χ4n) is 3.68. The van der Waals surface area contributed by atoms with Gasteiger partial charge in [0, 0.05) is 5.56 Å². The molecule has 0 radical (unpaired) electrons. The first kappa shape index (κ1) is 18.7. The van der Waals surface area contributed by atoms with E-state index in [-0.39, 0.29) is 23.7 Å². The fourth-order valence-corrected chi connectivity index (χ4v) is 3.68. The van der Waals surface area contributed by atoms with Gasteiger partial charge in [-0.3, -0.25) is 9.69 Å². The van der Waals surface area contributed by atoms with Crippen molar-refractivity contribution in [3.05, 3.63) is 53.9 Å². The second-order valence-corrected chi connectivity index (χ2v) is 7.14. The summed E-state index contributed by atoms with van der Waals surface area (Å²) < 4.78 is 28.4. The van der Waals surface area contributed by atoms with E-state index in [1.54, 1.807) is 0 Å². The molecule has 0 aliphatic carbocycles. The SMILES string of the molecule is O=C(CN1CCCCCC1)c1cnn2c(C(F)F)cc(-c3ccccc3)nc12. The van der Waals surface area contributed by atoms with Crippen molar-refractivity contribution < 1.29 is 13.6 Å². The lowest BCUT2D eigenvalue weighted by atomic mass is 10.1. The lowest BCUT2D eigenvalue weighted by molar-refractivity contribution is 0.0934. The van der Waals surface area contributed by atoms with Crippen molar-refractivity contribution in [3.63, 3.8) is 0 Å². The number of rotatable bonds is 5. The van der Waals surface area contributed by atoms with Gasteiger partial charge in [0.05, 0.1) is 24.0 Å². The van der Waals surface area contributed by atoms with Crippen molar-refractivity contribution in [2.45, 2.75) is 32.1 Å². The number of ketones is 1. The Morgan fingerprint density at radius 1 is 1.07 bits per heavy atom. The molecule has 5 nitrogen and oxygen atoms in total. The second kappa shape index (κ2) is 8.14. The van der Waals surface area contributed by atoms with Gasteiger partial charge in [0.2, 0.25) is 0 Å². The van der Waals surface area contributed by atoms with Gasteiger partial charge in [-0.15, -0.1) is 0 Å². The van der Waals surface area contributed by atoms with Crippen LogP contribution in [-0.4, -0.2) is 44.9 Å². The quantitative estimate of drug-likeness (QED) is 0.612. The molecule has 0 spiro atoms. The Hall–Kier alpha value is -2.67. The monoisotopic (exact) mass is 384 g/mol. The van der Waals surface area contributed by atoms with Crippen LogP contribution in [0.1, 0.15) is 48.2 Å². The van der Waals surface area contributed by atoms with E-state index in [0.717, 1.165) is 36.0 Å². The van der Waals surface area contributed by atoms with Crippen LogP contribution in [0.3, 0.4) is 0 Å². The summed E-state index contributed by atoms with van der Waals surface area (Å²) >= 11 is 0. The minimum Gasteiger partial charge on any atom is -0.296 e. The molecule has 4 rings (SSSR count). The number of aromatic nitrogens is 3. The first-order valence-corrected chi connectivity index (χ1v) is 9.61. The van der Waals surface area contributed by atoms with Gasteiger partial charge in [0.1, 0.15) is 5.69 Å². The van der Waals surface area contributed by atoms with E-state index >= 15 is 0 Å². The standard InChI is InChI=1S/C21H22F2N4O/c22-20(23)18-12-17(15-8-4-3-5-9-15)25-21-16(13-24-27(18)21)19(28)14-26-10-6-1-2-7-11-26/h3-5,8-9,12-13,20H,1-2,6-7,10-11,14H2. The molecule has 1 fully saturated rings. The summed E-state index contributed by atoms with van der Waals surface area (Å²) in [6.07, 6.45) is 3.16. The number of nitrogens with zero attached hydrogens (tertiary/aromatic N) is 4. The van der Waals surface area contributed by atoms with Gasteiger partial charge in [0.15, 0.2) is 11.4 Å². The topological polar surface area (TPSA) is 50.5 Å². The molecule has 1 aliphatic rings. The molecule has 3 heterocycles. The molecule has 0 amide bonds. The molecular formula is C21H22F2N4O. The van der Waals surface area contributed by atoms with Crippen molar-refractivity contribution in [1.82, 2.24) is 19.5 Å². The molecule has 28 heavy (non-hydrogen) atoms. The highest BCUT2D eigenvalue weighted by Gasteiger charge is 2.23. The van der Waals surface area contributed by atoms with Crippen LogP contribution in [0.4, 0.5) is 8.78 Å². The van der Waals surface area contributed by atoms with Crippen LogP contribution >= 0.6 is 0 Å². The van der Waals surface area contributed by atoms with Crippen molar-refractivity contribution in [2.75, 3.05) is 19.6 Å². The zero-order valence-corrected chi connectivity index (χ0v) is 15.5. The Morgan fingerprint density at radius 3 is 2.46 bits per heavy atom. The largest absolute Gasteiger partial charge is 0.296 e. The first-order valence-electron chi connectivity index (χ1n) is 9.61. The van der Waals surface area contributed by atoms with Crippen LogP contribution in [0.2, 0.25) is 0 Å². The van der Waals surface area contributed by atoms with E-state index in [1.165, 1.54) is 25.1 Å². The van der Waals surface area contributed by atoms with Gasteiger partial charge in [-0.05, 0) is 32.0 Å².